The average molecular weight is 157 g/mol. The van der Waals surface area contributed by atoms with Gasteiger partial charge in [0.1, 0.15) is 0 Å². The Hall–Kier alpha value is -0.940. The molecule has 0 unspecified atom stereocenters. The number of hydrogen-bond donors (Lipinski definition) is 1. The van der Waals surface area contributed by atoms with E-state index in [4.69, 9.17) is 5.11 Å². The lowest BCUT2D eigenvalue weighted by atomic mass is 10.5. The minimum absolute atomic E-state index is 0.147. The van der Waals surface area contributed by atoms with Crippen LogP contribution in [-0.4, -0.2) is 40.3 Å². The molecule has 0 radical (unpaired) electrons. The lowest BCUT2D eigenvalue weighted by Crippen LogP contribution is -2.22. The average Bonchev–Trinajstić information content (AvgIpc) is 2.40. The van der Waals surface area contributed by atoms with Crippen LogP contribution in [0.5, 0.6) is 0 Å². The minimum Gasteiger partial charge on any atom is -0.395 e. The summed E-state index contributed by atoms with van der Waals surface area (Å²) in [6.45, 7) is 1.37. The monoisotopic (exact) mass is 157 g/mol. The van der Waals surface area contributed by atoms with Gasteiger partial charge in [0.15, 0.2) is 5.82 Å². The summed E-state index contributed by atoms with van der Waals surface area (Å²) in [6, 6.07) is 0. The first-order chi connectivity index (χ1) is 5.33. The second-order valence-corrected chi connectivity index (χ2v) is 2.31. The van der Waals surface area contributed by atoms with E-state index >= 15 is 0 Å². The Labute approximate surface area is 64.6 Å². The highest BCUT2D eigenvalue weighted by molar-refractivity contribution is 4.76. The Morgan fingerprint density at radius 3 is 3.09 bits per heavy atom. The molecule has 0 aliphatic rings. The highest BCUT2D eigenvalue weighted by Gasteiger charge is 2.02. The fourth-order valence-electron chi connectivity index (χ4n) is 0.753. The van der Waals surface area contributed by atoms with E-state index in [-0.39, 0.29) is 6.61 Å². The highest BCUT2D eigenvalue weighted by atomic mass is 16.5. The zero-order valence-corrected chi connectivity index (χ0v) is 6.40. The van der Waals surface area contributed by atoms with Crippen LogP contribution < -0.4 is 0 Å². The molecule has 0 bridgehead atoms. The van der Waals surface area contributed by atoms with Crippen molar-refractivity contribution in [3.8, 4) is 0 Å². The summed E-state index contributed by atoms with van der Waals surface area (Å²) in [6.07, 6.45) is 1.29. The minimum atomic E-state index is 0.147. The van der Waals surface area contributed by atoms with Crippen molar-refractivity contribution in [2.75, 3.05) is 20.2 Å². The van der Waals surface area contributed by atoms with Gasteiger partial charge in [-0.2, -0.15) is 4.98 Å². The molecule has 0 atom stereocenters. The van der Waals surface area contributed by atoms with Crippen LogP contribution in [0.1, 0.15) is 5.82 Å². The molecule has 0 aliphatic carbocycles. The molecule has 5 nitrogen and oxygen atoms in total. The fourth-order valence-corrected chi connectivity index (χ4v) is 0.753. The molecule has 0 aliphatic heterocycles. The molecular weight excluding hydrogens is 146 g/mol. The summed E-state index contributed by atoms with van der Waals surface area (Å²) in [7, 11) is 1.88. The van der Waals surface area contributed by atoms with Crippen molar-refractivity contribution in [1.82, 2.24) is 15.0 Å². The maximum atomic E-state index is 8.56. The molecule has 62 valence electrons. The molecule has 0 saturated heterocycles. The normalized spacial score (nSPS) is 10.8. The third-order valence-electron chi connectivity index (χ3n) is 1.30. The molecule has 0 spiro atoms. The molecule has 0 amide bonds. The molecule has 0 aromatic carbocycles. The van der Waals surface area contributed by atoms with Crippen LogP contribution in [0.4, 0.5) is 0 Å². The molecular formula is C6H11N3O2. The van der Waals surface area contributed by atoms with E-state index in [1.54, 1.807) is 0 Å². The van der Waals surface area contributed by atoms with Gasteiger partial charge in [-0.05, 0) is 7.05 Å². The van der Waals surface area contributed by atoms with Crippen molar-refractivity contribution >= 4 is 0 Å². The number of nitrogens with zero attached hydrogens (tertiary/aromatic N) is 3. The fraction of sp³-hybridized carbons (Fsp3) is 0.667. The lowest BCUT2D eigenvalue weighted by Gasteiger charge is -2.10. The summed E-state index contributed by atoms with van der Waals surface area (Å²) in [4.78, 5) is 5.74. The number of hydrogen-bond acceptors (Lipinski definition) is 5. The number of rotatable bonds is 4. The molecule has 1 heterocycles. The van der Waals surface area contributed by atoms with E-state index in [0.717, 1.165) is 0 Å². The van der Waals surface area contributed by atoms with Gasteiger partial charge in [0.05, 0.1) is 13.2 Å². The van der Waals surface area contributed by atoms with Crippen molar-refractivity contribution in [3.63, 3.8) is 0 Å². The van der Waals surface area contributed by atoms with Crippen LogP contribution in [0.25, 0.3) is 0 Å². The van der Waals surface area contributed by atoms with Crippen LogP contribution >= 0.6 is 0 Å². The van der Waals surface area contributed by atoms with E-state index in [2.05, 4.69) is 14.7 Å². The van der Waals surface area contributed by atoms with Crippen LogP contribution in [-0.2, 0) is 6.54 Å². The molecule has 11 heavy (non-hydrogen) atoms. The lowest BCUT2D eigenvalue weighted by molar-refractivity contribution is 0.213. The Kier molecular flexibility index (Phi) is 3.00. The van der Waals surface area contributed by atoms with Gasteiger partial charge in [-0.25, -0.2) is 0 Å². The van der Waals surface area contributed by atoms with Crippen molar-refractivity contribution in [2.24, 2.45) is 0 Å². The van der Waals surface area contributed by atoms with Gasteiger partial charge >= 0.3 is 0 Å². The van der Waals surface area contributed by atoms with Crippen molar-refractivity contribution in [3.05, 3.63) is 12.2 Å². The van der Waals surface area contributed by atoms with Crippen LogP contribution in [0.2, 0.25) is 0 Å². The number of aliphatic hydroxyl groups excluding tert-OH is 1. The molecule has 1 rings (SSSR count). The summed E-state index contributed by atoms with van der Waals surface area (Å²) >= 11 is 0. The zero-order chi connectivity index (χ0) is 8.10. The van der Waals surface area contributed by atoms with Gasteiger partial charge in [0, 0.05) is 6.54 Å². The van der Waals surface area contributed by atoms with E-state index in [0.29, 0.717) is 18.9 Å². The van der Waals surface area contributed by atoms with E-state index in [1.165, 1.54) is 6.39 Å². The molecule has 0 fully saturated rings. The predicted molar refractivity (Wildman–Crippen MR) is 37.7 cm³/mol. The summed E-state index contributed by atoms with van der Waals surface area (Å²) in [5, 5.41) is 12.2. The Balaban J connectivity index is 2.31. The van der Waals surface area contributed by atoms with Gasteiger partial charge in [0.25, 0.3) is 0 Å². The third-order valence-corrected chi connectivity index (χ3v) is 1.30. The van der Waals surface area contributed by atoms with Crippen molar-refractivity contribution < 1.29 is 9.63 Å². The first-order valence-corrected chi connectivity index (χ1v) is 3.37. The molecule has 1 aromatic heterocycles. The smallest absolute Gasteiger partial charge is 0.213 e. The maximum absolute atomic E-state index is 8.56. The van der Waals surface area contributed by atoms with Gasteiger partial charge in [-0.3, -0.25) is 4.90 Å². The molecule has 1 N–H and O–H groups in total. The Bertz CT molecular complexity index is 188. The van der Waals surface area contributed by atoms with Gasteiger partial charge in [0.2, 0.25) is 6.39 Å². The predicted octanol–water partition coefficient (Wildman–Crippen LogP) is -0.506. The zero-order valence-electron chi connectivity index (χ0n) is 6.40. The largest absolute Gasteiger partial charge is 0.395 e. The van der Waals surface area contributed by atoms with Gasteiger partial charge in [-0.1, -0.05) is 5.16 Å². The van der Waals surface area contributed by atoms with Crippen LogP contribution in [0.3, 0.4) is 0 Å². The van der Waals surface area contributed by atoms with Crippen LogP contribution in [0, 0.1) is 0 Å². The Morgan fingerprint density at radius 1 is 1.73 bits per heavy atom. The summed E-state index contributed by atoms with van der Waals surface area (Å²) < 4.78 is 4.54. The SMILES string of the molecule is CN(CCO)Cc1ncon1. The third kappa shape index (κ3) is 2.65. The highest BCUT2D eigenvalue weighted by Crippen LogP contribution is 1.93. The summed E-state index contributed by atoms with van der Waals surface area (Å²) in [5.74, 6) is 0.640. The summed E-state index contributed by atoms with van der Waals surface area (Å²) in [5.41, 5.74) is 0. The van der Waals surface area contributed by atoms with Crippen molar-refractivity contribution in [2.45, 2.75) is 6.54 Å². The second kappa shape index (κ2) is 4.05. The van der Waals surface area contributed by atoms with E-state index in [9.17, 15) is 0 Å². The van der Waals surface area contributed by atoms with Gasteiger partial charge < -0.3 is 9.63 Å². The number of aromatic nitrogens is 2. The maximum Gasteiger partial charge on any atom is 0.213 e. The first kappa shape index (κ1) is 8.16. The quantitative estimate of drug-likeness (QED) is 0.638. The Morgan fingerprint density at radius 2 is 2.55 bits per heavy atom. The number of likely N-dealkylation sites (N-methyl/N-ethyl adjacent to an activating group) is 1. The van der Waals surface area contributed by atoms with Crippen LogP contribution in [0.15, 0.2) is 10.9 Å². The molecule has 1 aromatic rings. The first-order valence-electron chi connectivity index (χ1n) is 3.37. The van der Waals surface area contributed by atoms with Crippen molar-refractivity contribution in [1.29, 1.82) is 0 Å². The topological polar surface area (TPSA) is 62.4 Å². The standard InChI is InChI=1S/C6H11N3O2/c1-9(2-3-10)4-6-7-5-11-8-6/h5,10H,2-4H2,1H3. The molecule has 5 heteroatoms. The second-order valence-electron chi connectivity index (χ2n) is 2.31. The van der Waals surface area contributed by atoms with E-state index in [1.807, 2.05) is 11.9 Å². The van der Waals surface area contributed by atoms with E-state index < -0.39 is 0 Å². The van der Waals surface area contributed by atoms with Gasteiger partial charge in [-0.15, -0.1) is 0 Å². The number of aliphatic hydroxyl groups is 1. The molecule has 0 saturated carbocycles.